The van der Waals surface area contributed by atoms with Gasteiger partial charge in [0.2, 0.25) is 0 Å². The topological polar surface area (TPSA) is 70.1 Å². The van der Waals surface area contributed by atoms with E-state index in [0.717, 1.165) is 68.7 Å². The highest BCUT2D eigenvalue weighted by atomic mass is 16.3. The molecule has 2 heterocycles. The van der Waals surface area contributed by atoms with Crippen LogP contribution in [0.4, 0.5) is 5.82 Å². The van der Waals surface area contributed by atoms with Crippen molar-refractivity contribution < 1.29 is 5.11 Å². The van der Waals surface area contributed by atoms with Crippen molar-refractivity contribution in [1.82, 2.24) is 15.3 Å². The van der Waals surface area contributed by atoms with E-state index in [9.17, 15) is 5.11 Å². The van der Waals surface area contributed by atoms with Crippen LogP contribution in [-0.4, -0.2) is 33.8 Å². The molecule has 2 unspecified atom stereocenters. The number of anilines is 1. The molecule has 5 nitrogen and oxygen atoms in total. The average molecular weight is 314 g/mol. The molecular formula is C18H26N4O. The van der Waals surface area contributed by atoms with Gasteiger partial charge in [0, 0.05) is 18.7 Å². The lowest BCUT2D eigenvalue weighted by molar-refractivity contribution is -0.158. The van der Waals surface area contributed by atoms with Crippen molar-refractivity contribution in [3.63, 3.8) is 0 Å². The minimum Gasteiger partial charge on any atom is -0.390 e. The van der Waals surface area contributed by atoms with E-state index >= 15 is 0 Å². The maximum absolute atomic E-state index is 10.9. The number of aliphatic hydroxyl groups is 1. The molecule has 1 aliphatic heterocycles. The summed E-state index contributed by atoms with van der Waals surface area (Å²) in [7, 11) is 0. The third kappa shape index (κ3) is 2.36. The van der Waals surface area contributed by atoms with E-state index in [1.165, 1.54) is 24.8 Å². The van der Waals surface area contributed by atoms with Crippen molar-refractivity contribution in [2.75, 3.05) is 18.4 Å². The van der Waals surface area contributed by atoms with Crippen molar-refractivity contribution >= 4 is 5.82 Å². The first kappa shape index (κ1) is 14.2. The Morgan fingerprint density at radius 3 is 2.83 bits per heavy atom. The Labute approximate surface area is 137 Å². The molecule has 0 spiro atoms. The Morgan fingerprint density at radius 1 is 1.22 bits per heavy atom. The number of aromatic nitrogens is 2. The normalized spacial score (nSPS) is 40.9. The Morgan fingerprint density at radius 2 is 2.04 bits per heavy atom. The van der Waals surface area contributed by atoms with Gasteiger partial charge in [0.1, 0.15) is 12.1 Å². The molecule has 1 aromatic heterocycles. The molecule has 6 rings (SSSR count). The first-order chi connectivity index (χ1) is 11.1. The molecule has 1 aromatic rings. The van der Waals surface area contributed by atoms with Gasteiger partial charge in [0.15, 0.2) is 0 Å². The van der Waals surface area contributed by atoms with Gasteiger partial charge in [-0.2, -0.15) is 0 Å². The molecule has 124 valence electrons. The van der Waals surface area contributed by atoms with Crippen molar-refractivity contribution in [1.29, 1.82) is 0 Å². The fraction of sp³-hybridized carbons (Fsp3) is 0.778. The zero-order valence-corrected chi connectivity index (χ0v) is 13.6. The van der Waals surface area contributed by atoms with E-state index < -0.39 is 0 Å². The van der Waals surface area contributed by atoms with Gasteiger partial charge in [0.25, 0.3) is 0 Å². The van der Waals surface area contributed by atoms with Gasteiger partial charge < -0.3 is 15.7 Å². The van der Waals surface area contributed by atoms with Gasteiger partial charge >= 0.3 is 0 Å². The second kappa shape index (κ2) is 4.90. The third-order valence-electron chi connectivity index (χ3n) is 6.66. The molecule has 2 atom stereocenters. The van der Waals surface area contributed by atoms with Crippen LogP contribution in [0.25, 0.3) is 0 Å². The lowest BCUT2D eigenvalue weighted by Crippen LogP contribution is -2.57. The molecule has 0 amide bonds. The summed E-state index contributed by atoms with van der Waals surface area (Å²) >= 11 is 0. The third-order valence-corrected chi connectivity index (χ3v) is 6.66. The van der Waals surface area contributed by atoms with Gasteiger partial charge in [-0.1, -0.05) is 0 Å². The molecular weight excluding hydrogens is 288 g/mol. The molecule has 4 fully saturated rings. The summed E-state index contributed by atoms with van der Waals surface area (Å²) in [6, 6.07) is 0. The number of fused-ring (bicyclic) bond motifs is 1. The molecule has 4 aliphatic carbocycles. The fourth-order valence-electron chi connectivity index (χ4n) is 6.32. The second-order valence-corrected chi connectivity index (χ2v) is 8.61. The van der Waals surface area contributed by atoms with E-state index in [2.05, 4.69) is 20.6 Å². The first-order valence-electron chi connectivity index (χ1n) is 9.13. The Hall–Kier alpha value is -1.20. The monoisotopic (exact) mass is 314 g/mol. The number of nitrogens with zero attached hydrogens (tertiary/aromatic N) is 2. The molecule has 0 radical (unpaired) electrons. The summed E-state index contributed by atoms with van der Waals surface area (Å²) in [5, 5.41) is 17.9. The summed E-state index contributed by atoms with van der Waals surface area (Å²) in [6.07, 6.45) is 9.66. The van der Waals surface area contributed by atoms with Crippen molar-refractivity contribution in [2.24, 2.45) is 17.3 Å². The first-order valence-corrected chi connectivity index (χ1v) is 9.13. The zero-order chi connectivity index (χ0) is 15.5. The molecule has 5 heteroatoms. The molecule has 4 bridgehead atoms. The van der Waals surface area contributed by atoms with Crippen molar-refractivity contribution in [3.8, 4) is 0 Å². The van der Waals surface area contributed by atoms with Crippen LogP contribution in [0.3, 0.4) is 0 Å². The smallest absolute Gasteiger partial charge is 0.132 e. The summed E-state index contributed by atoms with van der Waals surface area (Å²) in [4.78, 5) is 8.93. The van der Waals surface area contributed by atoms with Crippen LogP contribution < -0.4 is 10.6 Å². The molecule has 3 N–H and O–H groups in total. The zero-order valence-electron chi connectivity index (χ0n) is 13.6. The van der Waals surface area contributed by atoms with E-state index in [1.807, 2.05) is 0 Å². The van der Waals surface area contributed by atoms with Gasteiger partial charge in [-0.3, -0.25) is 0 Å². The number of rotatable bonds is 3. The van der Waals surface area contributed by atoms with E-state index in [0.29, 0.717) is 0 Å². The molecule has 23 heavy (non-hydrogen) atoms. The lowest BCUT2D eigenvalue weighted by Gasteiger charge is -2.60. The molecule has 4 saturated carbocycles. The molecule has 0 saturated heterocycles. The van der Waals surface area contributed by atoms with Crippen LogP contribution in [-0.2, 0) is 13.0 Å². The largest absolute Gasteiger partial charge is 0.390 e. The number of hydrogen-bond acceptors (Lipinski definition) is 5. The van der Waals surface area contributed by atoms with Crippen LogP contribution in [0, 0.1) is 17.3 Å². The minimum absolute atomic E-state index is 0.281. The maximum Gasteiger partial charge on any atom is 0.132 e. The highest BCUT2D eigenvalue weighted by Gasteiger charge is 2.56. The maximum atomic E-state index is 10.9. The Balaban J connectivity index is 1.37. The minimum atomic E-state index is -0.374. The van der Waals surface area contributed by atoms with Crippen LogP contribution in [0.5, 0.6) is 0 Å². The quantitative estimate of drug-likeness (QED) is 0.794. The van der Waals surface area contributed by atoms with Gasteiger partial charge in [-0.15, -0.1) is 0 Å². The molecule has 0 aromatic carbocycles. The van der Waals surface area contributed by atoms with E-state index in [-0.39, 0.29) is 11.0 Å². The summed E-state index contributed by atoms with van der Waals surface area (Å²) in [6.45, 7) is 2.81. The standard InChI is InChI=1S/C18H26N4O/c23-18-6-12-3-13(7-18)5-17(4-12,9-18)10-20-16-14-1-2-19-8-15(14)21-11-22-16/h11-13,19,23H,1-10H2,(H,20,21,22). The highest BCUT2D eigenvalue weighted by Crippen LogP contribution is 2.61. The van der Waals surface area contributed by atoms with Crippen molar-refractivity contribution in [3.05, 3.63) is 17.6 Å². The van der Waals surface area contributed by atoms with Crippen LogP contribution in [0.2, 0.25) is 0 Å². The predicted octanol–water partition coefficient (Wildman–Crippen LogP) is 1.87. The molecule has 5 aliphatic rings. The lowest BCUT2D eigenvalue weighted by atomic mass is 9.48. The van der Waals surface area contributed by atoms with Crippen LogP contribution in [0.1, 0.15) is 49.8 Å². The predicted molar refractivity (Wildman–Crippen MR) is 88.0 cm³/mol. The van der Waals surface area contributed by atoms with Gasteiger partial charge in [-0.25, -0.2) is 9.97 Å². The summed E-state index contributed by atoms with van der Waals surface area (Å²) in [5.41, 5.74) is 2.33. The van der Waals surface area contributed by atoms with Crippen LogP contribution >= 0.6 is 0 Å². The fourth-order valence-corrected chi connectivity index (χ4v) is 6.32. The number of nitrogens with one attached hydrogen (secondary N) is 2. The number of hydrogen-bond donors (Lipinski definition) is 3. The SMILES string of the molecule is OC12CC3CC(C1)CC(CNc1ncnc4c1CCNC4)(C3)C2. The van der Waals surface area contributed by atoms with Gasteiger partial charge in [0.05, 0.1) is 11.3 Å². The van der Waals surface area contributed by atoms with Crippen molar-refractivity contribution in [2.45, 2.75) is 57.1 Å². The van der Waals surface area contributed by atoms with E-state index in [1.54, 1.807) is 6.33 Å². The Bertz CT molecular complexity index is 617. The second-order valence-electron chi connectivity index (χ2n) is 8.61. The Kier molecular flexibility index (Phi) is 3.02. The van der Waals surface area contributed by atoms with Crippen LogP contribution in [0.15, 0.2) is 6.33 Å². The average Bonchev–Trinajstić information content (AvgIpc) is 2.50. The highest BCUT2D eigenvalue weighted by molar-refractivity contribution is 5.47. The van der Waals surface area contributed by atoms with Gasteiger partial charge in [-0.05, 0) is 68.7 Å². The van der Waals surface area contributed by atoms with E-state index in [4.69, 9.17) is 0 Å². The summed E-state index contributed by atoms with van der Waals surface area (Å²) in [5.74, 6) is 2.51. The summed E-state index contributed by atoms with van der Waals surface area (Å²) < 4.78 is 0.